The summed E-state index contributed by atoms with van der Waals surface area (Å²) in [6.07, 6.45) is 18.1. The summed E-state index contributed by atoms with van der Waals surface area (Å²) in [5.41, 5.74) is 11.1. The van der Waals surface area contributed by atoms with Crippen LogP contribution >= 0.6 is 0 Å². The van der Waals surface area contributed by atoms with Crippen molar-refractivity contribution in [3.63, 3.8) is 0 Å². The van der Waals surface area contributed by atoms with Crippen LogP contribution in [0.4, 0.5) is 22.7 Å². The standard InChI is InChI=1S/C48H40N2O2/c1-5-7-9-11-29-49(35-17-13-33(3)14-18-35)37-21-23-39-41-25-28-44-48-42(26-27-43(47(41)48)51-45(39)31-37)40-24-22-38(32-46(40)52-44)50(30-12-10-8-6-2)36-19-15-34(4)16-20-36/h5-29,31-32H,1,30H2,2-4H3/b8-6-,9-7-,12-10-,29-11+. The molecule has 8 rings (SSSR count). The highest BCUT2D eigenvalue weighted by molar-refractivity contribution is 6.14. The minimum atomic E-state index is 0.731. The molecule has 6 aromatic carbocycles. The molecule has 0 radical (unpaired) electrons. The third-order valence-corrected chi connectivity index (χ3v) is 9.60. The Balaban J connectivity index is 1.17. The Bertz CT molecular complexity index is 2430. The smallest absolute Gasteiger partial charge is 0.137 e. The van der Waals surface area contributed by atoms with Gasteiger partial charge in [-0.05, 0) is 111 Å². The Morgan fingerprint density at radius 3 is 1.65 bits per heavy atom. The molecule has 0 aliphatic carbocycles. The van der Waals surface area contributed by atoms with Crippen molar-refractivity contribution in [2.45, 2.75) is 20.8 Å². The van der Waals surface area contributed by atoms with Crippen molar-refractivity contribution in [1.82, 2.24) is 0 Å². The lowest BCUT2D eigenvalue weighted by Gasteiger charge is -2.29. The van der Waals surface area contributed by atoms with Crippen molar-refractivity contribution < 1.29 is 9.47 Å². The van der Waals surface area contributed by atoms with E-state index in [0.29, 0.717) is 0 Å². The second kappa shape index (κ2) is 14.0. The van der Waals surface area contributed by atoms with E-state index >= 15 is 0 Å². The van der Waals surface area contributed by atoms with Crippen LogP contribution in [0.2, 0.25) is 0 Å². The van der Waals surface area contributed by atoms with Crippen LogP contribution in [0, 0.1) is 13.8 Å². The van der Waals surface area contributed by atoms with Gasteiger partial charge in [-0.3, -0.25) is 0 Å². The molecule has 0 saturated heterocycles. The minimum absolute atomic E-state index is 0.731. The Morgan fingerprint density at radius 2 is 1.06 bits per heavy atom. The molecule has 0 atom stereocenters. The quantitative estimate of drug-likeness (QED) is 0.135. The van der Waals surface area contributed by atoms with Gasteiger partial charge in [0.05, 0.1) is 0 Å². The maximum Gasteiger partial charge on any atom is 0.137 e. The van der Waals surface area contributed by atoms with Gasteiger partial charge in [0.25, 0.3) is 0 Å². The summed E-state index contributed by atoms with van der Waals surface area (Å²) in [4.78, 5) is 4.48. The lowest BCUT2D eigenvalue weighted by atomic mass is 9.88. The Labute approximate surface area is 306 Å². The molecule has 0 spiro atoms. The highest BCUT2D eigenvalue weighted by Gasteiger charge is 2.29. The number of allylic oxidation sites excluding steroid dienone is 7. The highest BCUT2D eigenvalue weighted by atomic mass is 16.5. The Morgan fingerprint density at radius 1 is 0.519 bits per heavy atom. The van der Waals surface area contributed by atoms with Gasteiger partial charge in [-0.25, -0.2) is 0 Å². The maximum atomic E-state index is 6.73. The minimum Gasteiger partial charge on any atom is -0.456 e. The average Bonchev–Trinajstić information content (AvgIpc) is 3.17. The third kappa shape index (κ3) is 6.09. The normalized spacial score (nSPS) is 12.7. The predicted octanol–water partition coefficient (Wildman–Crippen LogP) is 13.7. The average molecular weight is 677 g/mol. The van der Waals surface area contributed by atoms with Crippen LogP contribution in [-0.4, -0.2) is 6.54 Å². The predicted molar refractivity (Wildman–Crippen MR) is 219 cm³/mol. The number of ether oxygens (including phenoxy) is 2. The molecule has 52 heavy (non-hydrogen) atoms. The first-order chi connectivity index (χ1) is 25.5. The van der Waals surface area contributed by atoms with Crippen LogP contribution in [0.1, 0.15) is 18.1 Å². The fourth-order valence-corrected chi connectivity index (χ4v) is 6.99. The zero-order chi connectivity index (χ0) is 35.6. The van der Waals surface area contributed by atoms with Gasteiger partial charge in [0.2, 0.25) is 0 Å². The zero-order valence-electron chi connectivity index (χ0n) is 29.7. The van der Waals surface area contributed by atoms with Gasteiger partial charge in [0, 0.05) is 69.5 Å². The number of nitrogens with zero attached hydrogens (tertiary/aromatic N) is 2. The van der Waals surface area contributed by atoms with Crippen LogP contribution in [0.25, 0.3) is 33.0 Å². The van der Waals surface area contributed by atoms with E-state index in [0.717, 1.165) is 85.3 Å². The second-order valence-electron chi connectivity index (χ2n) is 13.1. The first-order valence-electron chi connectivity index (χ1n) is 17.7. The van der Waals surface area contributed by atoms with E-state index in [9.17, 15) is 0 Å². The number of anilines is 4. The van der Waals surface area contributed by atoms with Gasteiger partial charge in [-0.1, -0.05) is 84.5 Å². The molecule has 0 N–H and O–H groups in total. The number of fused-ring (bicyclic) bond motifs is 4. The van der Waals surface area contributed by atoms with Gasteiger partial charge in [-0.2, -0.15) is 0 Å². The van der Waals surface area contributed by atoms with Crippen molar-refractivity contribution in [3.8, 4) is 45.3 Å². The first-order valence-corrected chi connectivity index (χ1v) is 17.7. The molecule has 2 heterocycles. The van der Waals surface area contributed by atoms with Gasteiger partial charge in [0.1, 0.15) is 23.0 Å². The zero-order valence-corrected chi connectivity index (χ0v) is 29.7. The summed E-state index contributed by atoms with van der Waals surface area (Å²) in [6.45, 7) is 10.8. The third-order valence-electron chi connectivity index (χ3n) is 9.60. The number of rotatable bonds is 10. The molecule has 0 aromatic heterocycles. The van der Waals surface area contributed by atoms with Crippen molar-refractivity contribution >= 4 is 33.5 Å². The van der Waals surface area contributed by atoms with Crippen molar-refractivity contribution in [3.05, 3.63) is 182 Å². The molecular weight excluding hydrogens is 637 g/mol. The maximum absolute atomic E-state index is 6.73. The van der Waals surface area contributed by atoms with E-state index in [4.69, 9.17) is 9.47 Å². The van der Waals surface area contributed by atoms with E-state index in [2.05, 4.69) is 164 Å². The molecule has 2 aliphatic rings. The Kier molecular flexibility index (Phi) is 8.80. The van der Waals surface area contributed by atoms with E-state index in [1.165, 1.54) is 11.1 Å². The van der Waals surface area contributed by atoms with Crippen LogP contribution < -0.4 is 19.3 Å². The summed E-state index contributed by atoms with van der Waals surface area (Å²) in [5, 5.41) is 2.15. The molecule has 0 amide bonds. The molecule has 0 bridgehead atoms. The summed E-state index contributed by atoms with van der Waals surface area (Å²) in [5.74, 6) is 3.33. The summed E-state index contributed by atoms with van der Waals surface area (Å²) >= 11 is 0. The van der Waals surface area contributed by atoms with Crippen LogP contribution in [0.15, 0.2) is 171 Å². The lowest BCUT2D eigenvalue weighted by Crippen LogP contribution is -2.17. The molecule has 6 aromatic rings. The van der Waals surface area contributed by atoms with Gasteiger partial charge in [-0.15, -0.1) is 0 Å². The molecule has 2 aliphatic heterocycles. The number of aryl methyl sites for hydroxylation is 2. The lowest BCUT2D eigenvalue weighted by molar-refractivity contribution is 0.480. The molecular formula is C48H40N2O2. The SMILES string of the molecule is C=C/C=C\C=C\N(c1ccc(C)cc1)c1ccc2c(c1)Oc1ccc3c4c(ccc-2c14)Oc1cc(N(C/C=C\C=C/C)c2ccc(C)cc2)ccc1-3. The van der Waals surface area contributed by atoms with Gasteiger partial charge >= 0.3 is 0 Å². The summed E-state index contributed by atoms with van der Waals surface area (Å²) in [6, 6.07) is 38.8. The molecule has 0 saturated carbocycles. The van der Waals surface area contributed by atoms with E-state index < -0.39 is 0 Å². The van der Waals surface area contributed by atoms with E-state index in [1.54, 1.807) is 6.08 Å². The number of hydrogen-bond donors (Lipinski definition) is 0. The van der Waals surface area contributed by atoms with Gasteiger partial charge in [0.15, 0.2) is 0 Å². The van der Waals surface area contributed by atoms with E-state index in [1.807, 2.05) is 31.2 Å². The van der Waals surface area contributed by atoms with Crippen LogP contribution in [-0.2, 0) is 0 Å². The monoisotopic (exact) mass is 676 g/mol. The molecule has 4 nitrogen and oxygen atoms in total. The van der Waals surface area contributed by atoms with Crippen LogP contribution in [0.5, 0.6) is 23.0 Å². The highest BCUT2D eigenvalue weighted by Crippen LogP contribution is 2.56. The number of benzene rings is 6. The van der Waals surface area contributed by atoms with Crippen molar-refractivity contribution in [1.29, 1.82) is 0 Å². The Hall–Kier alpha value is -6.52. The molecule has 4 heteroatoms. The second-order valence-corrected chi connectivity index (χ2v) is 13.1. The first kappa shape index (κ1) is 32.7. The van der Waals surface area contributed by atoms with E-state index in [-0.39, 0.29) is 0 Å². The fraction of sp³-hybridized carbons (Fsp3) is 0.0833. The summed E-state index contributed by atoms with van der Waals surface area (Å²) < 4.78 is 13.4. The molecule has 254 valence electrons. The largest absolute Gasteiger partial charge is 0.456 e. The fourth-order valence-electron chi connectivity index (χ4n) is 6.99. The number of hydrogen-bond acceptors (Lipinski definition) is 4. The van der Waals surface area contributed by atoms with Gasteiger partial charge < -0.3 is 19.3 Å². The topological polar surface area (TPSA) is 24.9 Å². The molecule has 0 unspecified atom stereocenters. The molecule has 0 fully saturated rings. The summed E-state index contributed by atoms with van der Waals surface area (Å²) in [7, 11) is 0. The van der Waals surface area contributed by atoms with Crippen molar-refractivity contribution in [2.75, 3.05) is 16.3 Å². The van der Waals surface area contributed by atoms with Crippen LogP contribution in [0.3, 0.4) is 0 Å². The van der Waals surface area contributed by atoms with Crippen molar-refractivity contribution in [2.24, 2.45) is 0 Å².